The maximum atomic E-state index is 5.98. The molecule has 0 aromatic rings. The van der Waals surface area contributed by atoms with Crippen molar-refractivity contribution in [3.05, 3.63) is 0 Å². The van der Waals surface area contributed by atoms with Crippen LogP contribution in [-0.2, 0) is 0 Å². The number of aliphatic imine (C=N–C) groups is 2. The summed E-state index contributed by atoms with van der Waals surface area (Å²) >= 11 is 5.98. The molecule has 0 amide bonds. The fourth-order valence-electron chi connectivity index (χ4n) is 1.19. The summed E-state index contributed by atoms with van der Waals surface area (Å²) < 4.78 is 0. The first-order chi connectivity index (χ1) is 6.60. The highest BCUT2D eigenvalue weighted by Crippen LogP contribution is 2.28. The second-order valence-electron chi connectivity index (χ2n) is 6.01. The number of hydrogen-bond donors (Lipinski definition) is 1. The van der Waals surface area contributed by atoms with Gasteiger partial charge in [0, 0.05) is 10.8 Å². The van der Waals surface area contributed by atoms with Gasteiger partial charge in [0.2, 0.25) is 0 Å². The highest BCUT2D eigenvalue weighted by atomic mass is 35.5. The lowest BCUT2D eigenvalue weighted by Gasteiger charge is -2.32. The topological polar surface area (TPSA) is 36.8 Å². The molecule has 0 radical (unpaired) electrons. The van der Waals surface area contributed by atoms with Gasteiger partial charge in [0.15, 0.2) is 5.29 Å². The van der Waals surface area contributed by atoms with Gasteiger partial charge in [-0.25, -0.2) is 9.98 Å². The average molecular weight is 230 g/mol. The summed E-state index contributed by atoms with van der Waals surface area (Å²) in [6.45, 7) is 12.7. The molecule has 4 heteroatoms. The van der Waals surface area contributed by atoms with Crippen molar-refractivity contribution in [3.63, 3.8) is 0 Å². The molecule has 1 unspecified atom stereocenters. The van der Waals surface area contributed by atoms with Gasteiger partial charge in [-0.2, -0.15) is 0 Å². The van der Waals surface area contributed by atoms with Crippen molar-refractivity contribution in [2.45, 2.75) is 47.7 Å². The Bertz CT molecular complexity index is 305. The average Bonchev–Trinajstić information content (AvgIpc) is 1.99. The lowest BCUT2D eigenvalue weighted by Crippen LogP contribution is -2.43. The molecule has 1 atom stereocenters. The third-order valence-corrected chi connectivity index (χ3v) is 2.39. The van der Waals surface area contributed by atoms with Crippen LogP contribution in [0.4, 0.5) is 0 Å². The van der Waals surface area contributed by atoms with E-state index in [-0.39, 0.29) is 17.0 Å². The van der Waals surface area contributed by atoms with Crippen LogP contribution >= 0.6 is 11.6 Å². The summed E-state index contributed by atoms with van der Waals surface area (Å²) in [5, 5.41) is 3.46. The largest absolute Gasteiger partial charge is 0.319 e. The number of amidine groups is 2. The van der Waals surface area contributed by atoms with Crippen molar-refractivity contribution in [3.8, 4) is 0 Å². The van der Waals surface area contributed by atoms with Gasteiger partial charge in [-0.3, -0.25) is 0 Å². The van der Waals surface area contributed by atoms with E-state index in [9.17, 15) is 0 Å². The molecule has 1 heterocycles. The van der Waals surface area contributed by atoms with Crippen molar-refractivity contribution >= 4 is 22.7 Å². The van der Waals surface area contributed by atoms with Gasteiger partial charge in [0.25, 0.3) is 0 Å². The van der Waals surface area contributed by atoms with E-state index in [1.807, 2.05) is 0 Å². The molecule has 0 aromatic carbocycles. The second-order valence-corrected chi connectivity index (χ2v) is 6.37. The summed E-state index contributed by atoms with van der Waals surface area (Å²) in [5.41, 5.74) is -0.0294. The van der Waals surface area contributed by atoms with E-state index in [1.54, 1.807) is 0 Å². The van der Waals surface area contributed by atoms with E-state index >= 15 is 0 Å². The summed E-state index contributed by atoms with van der Waals surface area (Å²) in [6, 6.07) is 0. The Balaban J connectivity index is 3.01. The van der Waals surface area contributed by atoms with Crippen LogP contribution in [-0.4, -0.2) is 17.3 Å². The highest BCUT2D eigenvalue weighted by molar-refractivity contribution is 6.66. The van der Waals surface area contributed by atoms with Gasteiger partial charge in [-0.15, -0.1) is 0 Å². The molecule has 1 rings (SSSR count). The predicted molar refractivity (Wildman–Crippen MR) is 66.6 cm³/mol. The van der Waals surface area contributed by atoms with E-state index in [0.717, 1.165) is 5.84 Å². The SMILES string of the molecule is CC(C)(C)C1=NC(C(C)(C)C)N=C(Cl)N1. The summed E-state index contributed by atoms with van der Waals surface area (Å²) in [4.78, 5) is 8.91. The Morgan fingerprint density at radius 2 is 1.60 bits per heavy atom. The number of halogens is 1. The van der Waals surface area contributed by atoms with Crippen LogP contribution in [0.15, 0.2) is 9.98 Å². The molecule has 0 aromatic heterocycles. The van der Waals surface area contributed by atoms with Crippen LogP contribution in [0.2, 0.25) is 0 Å². The van der Waals surface area contributed by atoms with Gasteiger partial charge < -0.3 is 5.32 Å². The Hall–Kier alpha value is -0.570. The Morgan fingerprint density at radius 1 is 1.07 bits per heavy atom. The van der Waals surface area contributed by atoms with Gasteiger partial charge in [-0.05, 0) is 11.6 Å². The Kier molecular flexibility index (Phi) is 3.15. The highest BCUT2D eigenvalue weighted by Gasteiger charge is 2.31. The molecule has 3 nitrogen and oxygen atoms in total. The number of rotatable bonds is 0. The minimum atomic E-state index is -0.0968. The van der Waals surface area contributed by atoms with Crippen LogP contribution in [0.25, 0.3) is 0 Å². The van der Waals surface area contributed by atoms with Gasteiger partial charge >= 0.3 is 0 Å². The Morgan fingerprint density at radius 3 is 2.00 bits per heavy atom. The quantitative estimate of drug-likeness (QED) is 0.637. The Labute approximate surface area is 97.0 Å². The molecule has 0 saturated carbocycles. The zero-order valence-corrected chi connectivity index (χ0v) is 11.1. The minimum absolute atomic E-state index is 0.00125. The van der Waals surface area contributed by atoms with Crippen LogP contribution in [0.3, 0.4) is 0 Å². The van der Waals surface area contributed by atoms with E-state index in [2.05, 4.69) is 56.8 Å². The molecular weight excluding hydrogens is 210 g/mol. The molecule has 86 valence electrons. The summed E-state index contributed by atoms with van der Waals surface area (Å²) in [7, 11) is 0. The van der Waals surface area contributed by atoms with E-state index in [1.165, 1.54) is 0 Å². The predicted octanol–water partition coefficient (Wildman–Crippen LogP) is 3.00. The number of nitrogens with one attached hydrogen (secondary N) is 1. The molecular formula is C11H20ClN3. The molecule has 1 N–H and O–H groups in total. The standard InChI is InChI=1S/C11H20ClN3/c1-10(2,3)7-13-8(11(4,5)6)15-9(12)14-7/h7H,1-6H3,(H,13,14,15). The molecule has 0 saturated heterocycles. The van der Waals surface area contributed by atoms with Crippen LogP contribution in [0, 0.1) is 10.8 Å². The first-order valence-electron chi connectivity index (χ1n) is 5.19. The lowest BCUT2D eigenvalue weighted by molar-refractivity contribution is 0.325. The number of hydrogen-bond acceptors (Lipinski definition) is 3. The lowest BCUT2D eigenvalue weighted by atomic mass is 9.90. The first kappa shape index (κ1) is 12.5. The maximum absolute atomic E-state index is 5.98. The molecule has 15 heavy (non-hydrogen) atoms. The van der Waals surface area contributed by atoms with Crippen LogP contribution < -0.4 is 5.32 Å². The first-order valence-corrected chi connectivity index (χ1v) is 5.57. The fraction of sp³-hybridized carbons (Fsp3) is 0.818. The fourth-order valence-corrected chi connectivity index (χ4v) is 1.37. The maximum Gasteiger partial charge on any atom is 0.198 e. The summed E-state index contributed by atoms with van der Waals surface area (Å²) in [5.74, 6) is 0.905. The molecule has 1 aliphatic rings. The van der Waals surface area contributed by atoms with Crippen molar-refractivity contribution in [2.75, 3.05) is 0 Å². The minimum Gasteiger partial charge on any atom is -0.319 e. The van der Waals surface area contributed by atoms with Crippen LogP contribution in [0.1, 0.15) is 41.5 Å². The third kappa shape index (κ3) is 3.20. The molecule has 0 spiro atoms. The molecule has 0 bridgehead atoms. The van der Waals surface area contributed by atoms with E-state index < -0.39 is 0 Å². The normalized spacial score (nSPS) is 23.0. The van der Waals surface area contributed by atoms with Gasteiger partial charge in [-0.1, -0.05) is 41.5 Å². The van der Waals surface area contributed by atoms with E-state index in [0.29, 0.717) is 5.29 Å². The molecule has 1 aliphatic heterocycles. The summed E-state index contributed by atoms with van der Waals surface area (Å²) in [6.07, 6.45) is -0.0968. The monoisotopic (exact) mass is 229 g/mol. The third-order valence-electron chi connectivity index (χ3n) is 2.19. The van der Waals surface area contributed by atoms with Crippen molar-refractivity contribution < 1.29 is 0 Å². The second kappa shape index (κ2) is 3.78. The van der Waals surface area contributed by atoms with Crippen molar-refractivity contribution in [1.82, 2.24) is 5.32 Å². The molecule has 0 aliphatic carbocycles. The van der Waals surface area contributed by atoms with E-state index in [4.69, 9.17) is 11.6 Å². The van der Waals surface area contributed by atoms with Gasteiger partial charge in [0.1, 0.15) is 12.0 Å². The zero-order chi connectivity index (χ0) is 11.9. The van der Waals surface area contributed by atoms with Crippen LogP contribution in [0.5, 0.6) is 0 Å². The van der Waals surface area contributed by atoms with Crippen molar-refractivity contribution in [1.29, 1.82) is 0 Å². The van der Waals surface area contributed by atoms with Crippen molar-refractivity contribution in [2.24, 2.45) is 20.8 Å². The van der Waals surface area contributed by atoms with Gasteiger partial charge in [0.05, 0.1) is 0 Å². The number of nitrogens with zero attached hydrogens (tertiary/aromatic N) is 2. The zero-order valence-electron chi connectivity index (χ0n) is 10.3. The molecule has 0 fully saturated rings. The smallest absolute Gasteiger partial charge is 0.198 e.